The van der Waals surface area contributed by atoms with Crippen molar-refractivity contribution in [1.82, 2.24) is 9.21 Å². The topological polar surface area (TPSA) is 124 Å². The van der Waals surface area contributed by atoms with E-state index in [0.717, 1.165) is 35.4 Å². The van der Waals surface area contributed by atoms with Crippen LogP contribution in [0.2, 0.25) is 0 Å². The number of carboxylic acid groups (broad SMARTS) is 2. The Hall–Kier alpha value is -1.69. The van der Waals surface area contributed by atoms with Crippen LogP contribution in [0.3, 0.4) is 0 Å². The molecule has 11 heteroatoms. The summed E-state index contributed by atoms with van der Waals surface area (Å²) in [6, 6.07) is 5.94. The van der Waals surface area contributed by atoms with Gasteiger partial charge in [0.15, 0.2) is 0 Å². The van der Waals surface area contributed by atoms with Crippen molar-refractivity contribution < 1.29 is 33.0 Å². The van der Waals surface area contributed by atoms with Gasteiger partial charge in [-0.2, -0.15) is 4.31 Å². The second-order valence-corrected chi connectivity index (χ2v) is 8.82. The zero-order chi connectivity index (χ0) is 20.6. The Labute approximate surface area is 166 Å². The number of carbonyl (C=O) groups is 2. The number of benzene rings is 1. The maximum atomic E-state index is 11.8. The number of carboxylic acids is 2. The highest BCUT2D eigenvalue weighted by Crippen LogP contribution is 2.24. The predicted octanol–water partition coefficient (Wildman–Crippen LogP) is 1.08. The summed E-state index contributed by atoms with van der Waals surface area (Å²) in [5, 5.41) is 14.8. The zero-order valence-electron chi connectivity index (χ0n) is 15.1. The van der Waals surface area contributed by atoms with E-state index in [0.29, 0.717) is 13.1 Å². The molecule has 152 valence electrons. The Morgan fingerprint density at radius 3 is 2.15 bits per heavy atom. The molecule has 1 aromatic rings. The first-order valence-electron chi connectivity index (χ1n) is 8.09. The molecule has 1 heterocycles. The number of methoxy groups -OCH3 is 1. The maximum absolute atomic E-state index is 11.8. The van der Waals surface area contributed by atoms with Crippen molar-refractivity contribution >= 4 is 37.9 Å². The highest BCUT2D eigenvalue weighted by atomic mass is 79.9. The Bertz CT molecular complexity index is 750. The molecular formula is C16H23BrN2O7S. The molecule has 1 aliphatic rings. The van der Waals surface area contributed by atoms with Crippen molar-refractivity contribution in [2.75, 3.05) is 39.0 Å². The number of piperazine rings is 1. The molecule has 0 atom stereocenters. The second-order valence-electron chi connectivity index (χ2n) is 5.64. The Morgan fingerprint density at radius 1 is 1.15 bits per heavy atom. The van der Waals surface area contributed by atoms with Crippen LogP contribution in [0.15, 0.2) is 22.7 Å². The van der Waals surface area contributed by atoms with Crippen molar-refractivity contribution in [3.8, 4) is 5.75 Å². The molecule has 2 rings (SSSR count). The summed E-state index contributed by atoms with van der Waals surface area (Å²) in [6.45, 7) is 5.07. The van der Waals surface area contributed by atoms with Crippen molar-refractivity contribution in [2.45, 2.75) is 13.5 Å². The van der Waals surface area contributed by atoms with Crippen LogP contribution in [0.4, 0.5) is 0 Å². The molecule has 0 bridgehead atoms. The quantitative estimate of drug-likeness (QED) is 0.617. The fraction of sp³-hybridized carbons (Fsp3) is 0.500. The normalized spacial score (nSPS) is 15.5. The minimum atomic E-state index is -3.06. The smallest absolute Gasteiger partial charge is 0.414 e. The van der Waals surface area contributed by atoms with Crippen molar-refractivity contribution in [2.24, 2.45) is 0 Å². The van der Waals surface area contributed by atoms with Crippen LogP contribution < -0.4 is 4.74 Å². The molecule has 0 aromatic heterocycles. The van der Waals surface area contributed by atoms with Crippen LogP contribution >= 0.6 is 15.9 Å². The Morgan fingerprint density at radius 2 is 1.70 bits per heavy atom. The summed E-state index contributed by atoms with van der Waals surface area (Å²) in [4.78, 5) is 20.5. The molecule has 27 heavy (non-hydrogen) atoms. The van der Waals surface area contributed by atoms with Crippen molar-refractivity contribution in [3.05, 3.63) is 28.2 Å². The number of hydrogen-bond acceptors (Lipinski definition) is 6. The molecule has 0 unspecified atom stereocenters. The average molecular weight is 467 g/mol. The predicted molar refractivity (Wildman–Crippen MR) is 102 cm³/mol. The van der Waals surface area contributed by atoms with E-state index in [2.05, 4.69) is 20.8 Å². The number of halogens is 1. The van der Waals surface area contributed by atoms with E-state index in [1.165, 1.54) is 0 Å². The van der Waals surface area contributed by atoms with Gasteiger partial charge in [0.05, 0.1) is 12.9 Å². The number of aliphatic carboxylic acids is 2. The lowest BCUT2D eigenvalue weighted by atomic mass is 10.2. The van der Waals surface area contributed by atoms with Crippen molar-refractivity contribution in [3.63, 3.8) is 0 Å². The van der Waals surface area contributed by atoms with Crippen LogP contribution in [-0.2, 0) is 26.2 Å². The average Bonchev–Trinajstić information content (AvgIpc) is 2.63. The summed E-state index contributed by atoms with van der Waals surface area (Å²) < 4.78 is 31.7. The minimum absolute atomic E-state index is 0.173. The summed E-state index contributed by atoms with van der Waals surface area (Å²) in [5.41, 5.74) is 1.11. The molecule has 9 nitrogen and oxygen atoms in total. The van der Waals surface area contributed by atoms with Gasteiger partial charge in [0.2, 0.25) is 10.0 Å². The molecule has 1 saturated heterocycles. The van der Waals surface area contributed by atoms with E-state index in [4.69, 9.17) is 24.5 Å². The van der Waals surface area contributed by atoms with E-state index in [1.807, 2.05) is 18.2 Å². The standard InChI is InChI=1S/C14H21BrN2O3S.C2H2O4/c1-3-21(18,19)17-8-6-16(7-9-17)11-12-10-13(15)4-5-14(12)20-2;3-1(4)2(5)6/h4-5,10H,3,6-9,11H2,1-2H3;(H,3,4)(H,5,6). The maximum Gasteiger partial charge on any atom is 0.414 e. The van der Waals surface area contributed by atoms with Crippen LogP contribution in [0, 0.1) is 0 Å². The van der Waals surface area contributed by atoms with Gasteiger partial charge >= 0.3 is 11.9 Å². The first kappa shape index (κ1) is 23.3. The van der Waals surface area contributed by atoms with Gasteiger partial charge in [0.25, 0.3) is 0 Å². The van der Waals surface area contributed by atoms with Gasteiger partial charge in [-0.25, -0.2) is 18.0 Å². The molecule has 1 aliphatic heterocycles. The van der Waals surface area contributed by atoms with Gasteiger partial charge in [0.1, 0.15) is 5.75 Å². The molecule has 2 N–H and O–H groups in total. The third-order valence-corrected chi connectivity index (χ3v) is 6.28. The molecular weight excluding hydrogens is 444 g/mol. The fourth-order valence-corrected chi connectivity index (χ4v) is 3.95. The number of nitrogens with zero attached hydrogens (tertiary/aromatic N) is 2. The number of ether oxygens (including phenoxy) is 1. The molecule has 0 amide bonds. The monoisotopic (exact) mass is 466 g/mol. The SMILES string of the molecule is CCS(=O)(=O)N1CCN(Cc2cc(Br)ccc2OC)CC1.O=C(O)C(=O)O. The summed E-state index contributed by atoms with van der Waals surface area (Å²) in [5.74, 6) is -2.61. The molecule has 0 saturated carbocycles. The molecule has 0 aliphatic carbocycles. The largest absolute Gasteiger partial charge is 0.496 e. The van der Waals surface area contributed by atoms with Gasteiger partial charge in [0, 0.05) is 42.8 Å². The highest BCUT2D eigenvalue weighted by Gasteiger charge is 2.25. The first-order chi connectivity index (χ1) is 12.6. The van der Waals surface area contributed by atoms with Gasteiger partial charge in [-0.3, -0.25) is 4.90 Å². The minimum Gasteiger partial charge on any atom is -0.496 e. The van der Waals surface area contributed by atoms with Gasteiger partial charge < -0.3 is 14.9 Å². The van der Waals surface area contributed by atoms with Crippen LogP contribution in [0.1, 0.15) is 12.5 Å². The number of rotatable bonds is 5. The van der Waals surface area contributed by atoms with Crippen LogP contribution in [0.25, 0.3) is 0 Å². The number of sulfonamides is 1. The Balaban J connectivity index is 0.000000527. The van der Waals surface area contributed by atoms with E-state index < -0.39 is 22.0 Å². The van der Waals surface area contributed by atoms with Crippen molar-refractivity contribution in [1.29, 1.82) is 0 Å². The Kier molecular flexibility index (Phi) is 9.16. The second kappa shape index (κ2) is 10.6. The summed E-state index contributed by atoms with van der Waals surface area (Å²) in [6.07, 6.45) is 0. The lowest BCUT2D eigenvalue weighted by Gasteiger charge is -2.34. The van der Waals surface area contributed by atoms with Gasteiger partial charge in [-0.1, -0.05) is 15.9 Å². The van der Waals surface area contributed by atoms with Crippen LogP contribution in [0.5, 0.6) is 5.75 Å². The first-order valence-corrected chi connectivity index (χ1v) is 10.5. The molecule has 0 spiro atoms. The third kappa shape index (κ3) is 7.45. The fourth-order valence-electron chi connectivity index (χ4n) is 2.46. The van der Waals surface area contributed by atoms with Gasteiger partial charge in [-0.15, -0.1) is 0 Å². The summed E-state index contributed by atoms with van der Waals surface area (Å²) >= 11 is 3.47. The lowest BCUT2D eigenvalue weighted by Crippen LogP contribution is -2.48. The third-order valence-electron chi connectivity index (χ3n) is 3.91. The number of hydrogen-bond donors (Lipinski definition) is 2. The molecule has 0 radical (unpaired) electrons. The summed E-state index contributed by atoms with van der Waals surface area (Å²) in [7, 11) is -1.40. The molecule has 1 fully saturated rings. The van der Waals surface area contributed by atoms with E-state index >= 15 is 0 Å². The lowest BCUT2D eigenvalue weighted by molar-refractivity contribution is -0.159. The van der Waals surface area contributed by atoms with Crippen LogP contribution in [-0.4, -0.2) is 78.8 Å². The van der Waals surface area contributed by atoms with E-state index in [1.54, 1.807) is 18.3 Å². The van der Waals surface area contributed by atoms with E-state index in [9.17, 15) is 8.42 Å². The zero-order valence-corrected chi connectivity index (χ0v) is 17.5. The van der Waals surface area contributed by atoms with E-state index in [-0.39, 0.29) is 5.75 Å². The highest BCUT2D eigenvalue weighted by molar-refractivity contribution is 9.10. The molecule has 1 aromatic carbocycles. The van der Waals surface area contributed by atoms with Gasteiger partial charge in [-0.05, 0) is 25.1 Å².